The van der Waals surface area contributed by atoms with Crippen LogP contribution in [0.2, 0.25) is 0 Å². The lowest BCUT2D eigenvalue weighted by Crippen LogP contribution is -2.50. The van der Waals surface area contributed by atoms with Crippen LogP contribution in [0.1, 0.15) is 31.5 Å². The molecule has 17 heavy (non-hydrogen) atoms. The molecule has 0 atom stereocenters. The van der Waals surface area contributed by atoms with Gasteiger partial charge in [0.1, 0.15) is 5.82 Å². The largest absolute Gasteiger partial charge is 0.334 e. The molecule has 0 saturated heterocycles. The van der Waals surface area contributed by atoms with Crippen LogP contribution in [-0.4, -0.2) is 40.1 Å². The lowest BCUT2D eigenvalue weighted by Gasteiger charge is -2.38. The van der Waals surface area contributed by atoms with Gasteiger partial charge in [-0.2, -0.15) is 0 Å². The molecule has 4 heteroatoms. The summed E-state index contributed by atoms with van der Waals surface area (Å²) in [5, 5.41) is 0. The summed E-state index contributed by atoms with van der Waals surface area (Å²) in [6, 6.07) is 0. The van der Waals surface area contributed by atoms with E-state index in [9.17, 15) is 0 Å². The first kappa shape index (κ1) is 12.6. The highest BCUT2D eigenvalue weighted by atomic mass is 15.2. The van der Waals surface area contributed by atoms with E-state index in [1.54, 1.807) is 0 Å². The van der Waals surface area contributed by atoms with Gasteiger partial charge in [0, 0.05) is 37.6 Å². The summed E-state index contributed by atoms with van der Waals surface area (Å²) in [6.45, 7) is 4.89. The maximum atomic E-state index is 5.99. The second-order valence-electron chi connectivity index (χ2n) is 5.22. The Morgan fingerprint density at radius 3 is 2.71 bits per heavy atom. The van der Waals surface area contributed by atoms with Gasteiger partial charge in [-0.3, -0.25) is 4.90 Å². The molecule has 0 aliphatic heterocycles. The summed E-state index contributed by atoms with van der Waals surface area (Å²) in [7, 11) is 2.21. The second-order valence-corrected chi connectivity index (χ2v) is 5.22. The molecular formula is C13H24N4. The van der Waals surface area contributed by atoms with Crippen LogP contribution < -0.4 is 5.73 Å². The highest BCUT2D eigenvalue weighted by Crippen LogP contribution is 2.33. The van der Waals surface area contributed by atoms with Crippen molar-refractivity contribution >= 4 is 0 Å². The van der Waals surface area contributed by atoms with Crippen LogP contribution in [0.3, 0.4) is 0 Å². The molecule has 4 nitrogen and oxygen atoms in total. The Kier molecular flexibility index (Phi) is 3.84. The van der Waals surface area contributed by atoms with Crippen molar-refractivity contribution in [3.8, 4) is 0 Å². The zero-order valence-electron chi connectivity index (χ0n) is 11.0. The van der Waals surface area contributed by atoms with Gasteiger partial charge in [0.05, 0.1) is 0 Å². The fourth-order valence-electron chi connectivity index (χ4n) is 2.91. The van der Waals surface area contributed by atoms with Crippen LogP contribution >= 0.6 is 0 Å². The smallest absolute Gasteiger partial charge is 0.105 e. The maximum Gasteiger partial charge on any atom is 0.105 e. The Bertz CT molecular complexity index is 352. The van der Waals surface area contributed by atoms with Crippen LogP contribution in [0.25, 0.3) is 0 Å². The average Bonchev–Trinajstić information content (AvgIpc) is 2.95. The van der Waals surface area contributed by atoms with E-state index in [2.05, 4.69) is 21.5 Å². The number of nitrogens with zero attached hydrogens (tertiary/aromatic N) is 3. The van der Waals surface area contributed by atoms with E-state index >= 15 is 0 Å². The number of aryl methyl sites for hydroxylation is 1. The Labute approximate surface area is 104 Å². The summed E-state index contributed by atoms with van der Waals surface area (Å²) in [5.74, 6) is 1.09. The first-order valence-corrected chi connectivity index (χ1v) is 6.57. The Balaban J connectivity index is 1.92. The van der Waals surface area contributed by atoms with Crippen molar-refractivity contribution in [2.75, 3.05) is 20.1 Å². The summed E-state index contributed by atoms with van der Waals surface area (Å²) < 4.78 is 2.20. The van der Waals surface area contributed by atoms with Crippen LogP contribution in [-0.2, 0) is 6.54 Å². The SMILES string of the molecule is Cc1nccn1CCN(C)C1(CN)CCCC1. The van der Waals surface area contributed by atoms with E-state index in [0.29, 0.717) is 0 Å². The molecule has 0 aromatic carbocycles. The molecule has 2 N–H and O–H groups in total. The molecule has 1 aromatic heterocycles. The molecule has 2 rings (SSSR count). The maximum absolute atomic E-state index is 5.99. The average molecular weight is 236 g/mol. The molecule has 1 heterocycles. The molecule has 0 bridgehead atoms. The van der Waals surface area contributed by atoms with Gasteiger partial charge in [-0.15, -0.1) is 0 Å². The van der Waals surface area contributed by atoms with E-state index < -0.39 is 0 Å². The van der Waals surface area contributed by atoms with E-state index in [1.807, 2.05) is 19.3 Å². The third-order valence-electron chi connectivity index (χ3n) is 4.32. The Morgan fingerprint density at radius 1 is 1.47 bits per heavy atom. The topological polar surface area (TPSA) is 47.1 Å². The van der Waals surface area contributed by atoms with Crippen molar-refractivity contribution in [3.05, 3.63) is 18.2 Å². The number of nitrogens with two attached hydrogens (primary N) is 1. The highest BCUT2D eigenvalue weighted by Gasteiger charge is 2.35. The number of aromatic nitrogens is 2. The number of imidazole rings is 1. The fourth-order valence-corrected chi connectivity index (χ4v) is 2.91. The quantitative estimate of drug-likeness (QED) is 0.840. The van der Waals surface area contributed by atoms with E-state index in [-0.39, 0.29) is 5.54 Å². The van der Waals surface area contributed by atoms with E-state index in [0.717, 1.165) is 25.5 Å². The molecule has 1 aromatic rings. The molecule has 1 aliphatic carbocycles. The van der Waals surface area contributed by atoms with Crippen molar-refractivity contribution in [2.45, 2.75) is 44.7 Å². The Morgan fingerprint density at radius 2 is 2.18 bits per heavy atom. The van der Waals surface area contributed by atoms with Crippen molar-refractivity contribution in [2.24, 2.45) is 5.73 Å². The van der Waals surface area contributed by atoms with Gasteiger partial charge in [0.25, 0.3) is 0 Å². The summed E-state index contributed by atoms with van der Waals surface area (Å²) >= 11 is 0. The molecule has 1 fully saturated rings. The van der Waals surface area contributed by atoms with E-state index in [1.165, 1.54) is 25.7 Å². The number of rotatable bonds is 5. The zero-order chi connectivity index (χ0) is 12.3. The van der Waals surface area contributed by atoms with E-state index in [4.69, 9.17) is 5.73 Å². The summed E-state index contributed by atoms with van der Waals surface area (Å²) in [4.78, 5) is 6.71. The van der Waals surface area contributed by atoms with Crippen LogP contribution in [0.4, 0.5) is 0 Å². The molecule has 1 aliphatic rings. The second kappa shape index (κ2) is 5.19. The molecule has 0 unspecified atom stereocenters. The minimum Gasteiger partial charge on any atom is -0.334 e. The highest BCUT2D eigenvalue weighted by molar-refractivity contribution is 4.95. The molecule has 0 radical (unpaired) electrons. The minimum atomic E-state index is 0.258. The third kappa shape index (κ3) is 2.53. The first-order valence-electron chi connectivity index (χ1n) is 6.57. The molecule has 0 spiro atoms. The third-order valence-corrected chi connectivity index (χ3v) is 4.32. The summed E-state index contributed by atoms with van der Waals surface area (Å²) in [5.41, 5.74) is 6.25. The lowest BCUT2D eigenvalue weighted by atomic mass is 9.96. The van der Waals surface area contributed by atoms with Gasteiger partial charge in [-0.05, 0) is 26.8 Å². The predicted octanol–water partition coefficient (Wildman–Crippen LogP) is 1.39. The van der Waals surface area contributed by atoms with Gasteiger partial charge in [-0.1, -0.05) is 12.8 Å². The van der Waals surface area contributed by atoms with Gasteiger partial charge < -0.3 is 10.3 Å². The fraction of sp³-hybridized carbons (Fsp3) is 0.769. The van der Waals surface area contributed by atoms with Crippen LogP contribution in [0.15, 0.2) is 12.4 Å². The van der Waals surface area contributed by atoms with Crippen LogP contribution in [0, 0.1) is 6.92 Å². The van der Waals surface area contributed by atoms with Gasteiger partial charge in [0.2, 0.25) is 0 Å². The molecular weight excluding hydrogens is 212 g/mol. The first-order chi connectivity index (χ1) is 8.18. The number of likely N-dealkylation sites (N-methyl/N-ethyl adjacent to an activating group) is 1. The van der Waals surface area contributed by atoms with Crippen molar-refractivity contribution in [1.82, 2.24) is 14.5 Å². The monoisotopic (exact) mass is 236 g/mol. The molecule has 96 valence electrons. The normalized spacial score (nSPS) is 19.1. The van der Waals surface area contributed by atoms with Crippen LogP contribution in [0.5, 0.6) is 0 Å². The lowest BCUT2D eigenvalue weighted by molar-refractivity contribution is 0.127. The zero-order valence-corrected chi connectivity index (χ0v) is 11.0. The van der Waals surface area contributed by atoms with Crippen molar-refractivity contribution in [3.63, 3.8) is 0 Å². The number of hydrogen-bond donors (Lipinski definition) is 1. The predicted molar refractivity (Wildman–Crippen MR) is 69.8 cm³/mol. The summed E-state index contributed by atoms with van der Waals surface area (Å²) in [6.07, 6.45) is 9.07. The number of hydrogen-bond acceptors (Lipinski definition) is 3. The molecule has 1 saturated carbocycles. The van der Waals surface area contributed by atoms with Gasteiger partial charge in [-0.25, -0.2) is 4.98 Å². The van der Waals surface area contributed by atoms with Crippen molar-refractivity contribution < 1.29 is 0 Å². The van der Waals surface area contributed by atoms with Gasteiger partial charge in [0.15, 0.2) is 0 Å². The molecule has 0 amide bonds. The van der Waals surface area contributed by atoms with Crippen molar-refractivity contribution in [1.29, 1.82) is 0 Å². The Hall–Kier alpha value is -0.870. The minimum absolute atomic E-state index is 0.258. The standard InChI is InChI=1S/C13H24N4/c1-12-15-7-8-17(12)10-9-16(2)13(11-14)5-3-4-6-13/h7-8H,3-6,9-11,14H2,1-2H3. The van der Waals surface area contributed by atoms with Gasteiger partial charge >= 0.3 is 0 Å².